The van der Waals surface area contributed by atoms with Gasteiger partial charge in [-0.15, -0.1) is 0 Å². The van der Waals surface area contributed by atoms with Crippen LogP contribution in [0.1, 0.15) is 71.6 Å². The van der Waals surface area contributed by atoms with Crippen LogP contribution in [0, 0.1) is 0 Å². The van der Waals surface area contributed by atoms with Crippen LogP contribution in [0.25, 0.3) is 0 Å². The molecule has 0 atom stereocenters. The summed E-state index contributed by atoms with van der Waals surface area (Å²) >= 11 is 0. The van der Waals surface area contributed by atoms with E-state index >= 15 is 0 Å². The summed E-state index contributed by atoms with van der Waals surface area (Å²) in [6.07, 6.45) is 12.7. The molecule has 0 spiro atoms. The maximum Gasteiger partial charge on any atom is 0.119 e. The summed E-state index contributed by atoms with van der Waals surface area (Å²) in [4.78, 5) is 0. The fourth-order valence-electron chi connectivity index (χ4n) is 2.67. The average Bonchev–Trinajstić information content (AvgIpc) is 2.66. The number of hydrazine groups is 1. The number of nitrogens with one attached hydrogen (secondary N) is 1. The standard InChI is InChI=1S/C20H32N4O/c1-3-5-7-8-10-16-25-20-14-12-19(13-15-20)24-21-17-18(22-23-24)11-9-6-4-2/h12-15,17,23H,3-11,16H2,1-2H3. The van der Waals surface area contributed by atoms with Gasteiger partial charge in [-0.05, 0) is 43.5 Å². The molecule has 0 saturated heterocycles. The maximum absolute atomic E-state index is 5.80. The van der Waals surface area contributed by atoms with Crippen LogP contribution in [0.15, 0.2) is 34.5 Å². The normalized spacial score (nSPS) is 13.5. The Morgan fingerprint density at radius 3 is 2.32 bits per heavy atom. The van der Waals surface area contributed by atoms with Gasteiger partial charge in [-0.25, -0.2) is 0 Å². The van der Waals surface area contributed by atoms with Crippen LogP contribution >= 0.6 is 0 Å². The van der Waals surface area contributed by atoms with E-state index in [0.717, 1.165) is 43.0 Å². The lowest BCUT2D eigenvalue weighted by Crippen LogP contribution is -2.34. The van der Waals surface area contributed by atoms with Crippen molar-refractivity contribution in [2.24, 2.45) is 10.2 Å². The van der Waals surface area contributed by atoms with Crippen LogP contribution in [0.5, 0.6) is 5.75 Å². The lowest BCUT2D eigenvalue weighted by Gasteiger charge is -2.21. The van der Waals surface area contributed by atoms with Crippen molar-refractivity contribution in [2.75, 3.05) is 11.7 Å². The molecule has 1 aliphatic rings. The van der Waals surface area contributed by atoms with E-state index in [4.69, 9.17) is 4.74 Å². The molecule has 1 N–H and O–H groups in total. The van der Waals surface area contributed by atoms with E-state index in [1.54, 1.807) is 5.12 Å². The molecule has 5 heteroatoms. The minimum Gasteiger partial charge on any atom is -0.494 e. The fourth-order valence-corrected chi connectivity index (χ4v) is 2.67. The summed E-state index contributed by atoms with van der Waals surface area (Å²) in [7, 11) is 0. The first kappa shape index (κ1) is 19.3. The zero-order valence-electron chi connectivity index (χ0n) is 15.7. The lowest BCUT2D eigenvalue weighted by atomic mass is 10.1. The Labute approximate surface area is 152 Å². The van der Waals surface area contributed by atoms with Gasteiger partial charge in [-0.1, -0.05) is 52.4 Å². The second kappa shape index (κ2) is 11.5. The van der Waals surface area contributed by atoms with Crippen LogP contribution in [0.2, 0.25) is 0 Å². The van der Waals surface area contributed by atoms with Gasteiger partial charge in [-0.2, -0.15) is 20.9 Å². The number of hydrogen-bond acceptors (Lipinski definition) is 5. The lowest BCUT2D eigenvalue weighted by molar-refractivity contribution is 0.304. The first-order valence-electron chi connectivity index (χ1n) is 9.72. The zero-order valence-corrected chi connectivity index (χ0v) is 15.7. The Hall–Kier alpha value is -2.04. The molecule has 0 aromatic heterocycles. The van der Waals surface area contributed by atoms with Crippen molar-refractivity contribution in [3.63, 3.8) is 0 Å². The van der Waals surface area contributed by atoms with Crippen molar-refractivity contribution < 1.29 is 4.74 Å². The van der Waals surface area contributed by atoms with E-state index < -0.39 is 0 Å². The number of rotatable bonds is 12. The van der Waals surface area contributed by atoms with Gasteiger partial charge in [0.15, 0.2) is 0 Å². The van der Waals surface area contributed by atoms with Crippen LogP contribution in [0.3, 0.4) is 0 Å². The number of nitrogens with zero attached hydrogens (tertiary/aromatic N) is 3. The van der Waals surface area contributed by atoms with Crippen molar-refractivity contribution in [1.82, 2.24) is 5.53 Å². The molecule has 0 radical (unpaired) electrons. The van der Waals surface area contributed by atoms with Gasteiger partial charge < -0.3 is 4.74 Å². The topological polar surface area (TPSA) is 49.2 Å². The first-order chi connectivity index (χ1) is 12.3. The zero-order chi connectivity index (χ0) is 17.7. The van der Waals surface area contributed by atoms with E-state index in [-0.39, 0.29) is 0 Å². The molecule has 1 aromatic rings. The summed E-state index contributed by atoms with van der Waals surface area (Å²) < 4.78 is 5.80. The number of unbranched alkanes of at least 4 members (excludes halogenated alkanes) is 6. The van der Waals surface area contributed by atoms with Gasteiger partial charge in [-0.3, -0.25) is 0 Å². The molecular weight excluding hydrogens is 312 g/mol. The second-order valence-corrected chi connectivity index (χ2v) is 6.47. The molecule has 0 fully saturated rings. The molecule has 138 valence electrons. The highest BCUT2D eigenvalue weighted by Gasteiger charge is 2.09. The van der Waals surface area contributed by atoms with Gasteiger partial charge in [0.05, 0.1) is 24.2 Å². The molecule has 1 aromatic carbocycles. The van der Waals surface area contributed by atoms with Crippen molar-refractivity contribution in [3.8, 4) is 5.75 Å². The van der Waals surface area contributed by atoms with Gasteiger partial charge in [0, 0.05) is 0 Å². The van der Waals surface area contributed by atoms with Crippen molar-refractivity contribution in [1.29, 1.82) is 0 Å². The molecule has 1 aliphatic heterocycles. The summed E-state index contributed by atoms with van der Waals surface area (Å²) in [5, 5.41) is 10.5. The monoisotopic (exact) mass is 344 g/mol. The highest BCUT2D eigenvalue weighted by Crippen LogP contribution is 2.20. The largest absolute Gasteiger partial charge is 0.494 e. The highest BCUT2D eigenvalue weighted by molar-refractivity contribution is 6.31. The van der Waals surface area contributed by atoms with E-state index in [1.165, 1.54) is 38.5 Å². The van der Waals surface area contributed by atoms with Crippen LogP contribution in [-0.2, 0) is 0 Å². The Morgan fingerprint density at radius 2 is 1.64 bits per heavy atom. The molecule has 0 amide bonds. The van der Waals surface area contributed by atoms with E-state index in [2.05, 4.69) is 29.6 Å². The Kier molecular flexibility index (Phi) is 8.87. The smallest absolute Gasteiger partial charge is 0.119 e. The SMILES string of the molecule is CCCCCCCOc1ccc(N2N=CC(CCCCC)=NN2)cc1. The minimum absolute atomic E-state index is 0.786. The molecule has 0 unspecified atom stereocenters. The van der Waals surface area contributed by atoms with Crippen molar-refractivity contribution in [3.05, 3.63) is 24.3 Å². The number of hydrogen-bond donors (Lipinski definition) is 1. The summed E-state index contributed by atoms with van der Waals surface area (Å²) in [5.41, 5.74) is 4.94. The molecule has 0 saturated carbocycles. The molecule has 5 nitrogen and oxygen atoms in total. The summed E-state index contributed by atoms with van der Waals surface area (Å²) in [6.45, 7) is 5.23. The number of benzene rings is 1. The summed E-state index contributed by atoms with van der Waals surface area (Å²) in [5.74, 6) is 0.906. The summed E-state index contributed by atoms with van der Waals surface area (Å²) in [6, 6.07) is 7.96. The number of anilines is 1. The predicted molar refractivity (Wildman–Crippen MR) is 106 cm³/mol. The third-order valence-electron chi connectivity index (χ3n) is 4.24. The molecule has 0 bridgehead atoms. The quantitative estimate of drug-likeness (QED) is 0.525. The van der Waals surface area contributed by atoms with Gasteiger partial charge in [0.2, 0.25) is 0 Å². The van der Waals surface area contributed by atoms with Crippen molar-refractivity contribution in [2.45, 2.75) is 71.6 Å². The van der Waals surface area contributed by atoms with E-state index in [9.17, 15) is 0 Å². The molecule has 1 heterocycles. The number of ether oxygens (including phenoxy) is 1. The Balaban J connectivity index is 1.71. The fraction of sp³-hybridized carbons (Fsp3) is 0.600. The third-order valence-corrected chi connectivity index (χ3v) is 4.24. The van der Waals surface area contributed by atoms with E-state index in [1.807, 2.05) is 30.5 Å². The van der Waals surface area contributed by atoms with Crippen LogP contribution < -0.4 is 15.4 Å². The maximum atomic E-state index is 5.80. The Bertz CT molecular complexity index is 539. The van der Waals surface area contributed by atoms with Gasteiger partial charge in [0.25, 0.3) is 0 Å². The highest BCUT2D eigenvalue weighted by atomic mass is 16.5. The molecule has 25 heavy (non-hydrogen) atoms. The predicted octanol–water partition coefficient (Wildman–Crippen LogP) is 5.28. The second-order valence-electron chi connectivity index (χ2n) is 6.47. The first-order valence-corrected chi connectivity index (χ1v) is 9.72. The molecule has 0 aliphatic carbocycles. The molecule has 2 rings (SSSR count). The molecular formula is C20H32N4O. The van der Waals surface area contributed by atoms with E-state index in [0.29, 0.717) is 0 Å². The third kappa shape index (κ3) is 7.16. The average molecular weight is 345 g/mol. The number of hydrazone groups is 2. The minimum atomic E-state index is 0.786. The van der Waals surface area contributed by atoms with Crippen LogP contribution in [0.4, 0.5) is 5.69 Å². The van der Waals surface area contributed by atoms with Gasteiger partial charge >= 0.3 is 0 Å². The Morgan fingerprint density at radius 1 is 0.920 bits per heavy atom. The van der Waals surface area contributed by atoms with Crippen molar-refractivity contribution >= 4 is 17.6 Å². The van der Waals surface area contributed by atoms with Gasteiger partial charge in [0.1, 0.15) is 5.75 Å². The van der Waals surface area contributed by atoms with Crippen LogP contribution in [-0.4, -0.2) is 18.5 Å².